The third kappa shape index (κ3) is 3.24. The highest BCUT2D eigenvalue weighted by atomic mass is 16.3. The van der Waals surface area contributed by atoms with Gasteiger partial charge >= 0.3 is 0 Å². The van der Waals surface area contributed by atoms with E-state index < -0.39 is 0 Å². The maximum Gasteiger partial charge on any atom is 0.0802 e. The Morgan fingerprint density at radius 1 is 1.05 bits per heavy atom. The Bertz CT molecular complexity index is 399. The molecule has 0 amide bonds. The number of benzene rings is 1. The van der Waals surface area contributed by atoms with Crippen LogP contribution in [-0.4, -0.2) is 29.1 Å². The van der Waals surface area contributed by atoms with Crippen molar-refractivity contribution in [2.75, 3.05) is 13.1 Å². The fraction of sp³-hybridized carbons (Fsp3) is 0.667. The Morgan fingerprint density at radius 2 is 1.80 bits per heavy atom. The van der Waals surface area contributed by atoms with Crippen LogP contribution in [0.1, 0.15) is 56.6 Å². The number of aliphatic hydroxyl groups is 1. The lowest BCUT2D eigenvalue weighted by Gasteiger charge is -2.30. The Labute approximate surface area is 122 Å². The van der Waals surface area contributed by atoms with Crippen molar-refractivity contribution >= 4 is 0 Å². The lowest BCUT2D eigenvalue weighted by Crippen LogP contribution is -2.35. The first-order valence-electron chi connectivity index (χ1n) is 8.31. The van der Waals surface area contributed by atoms with Crippen LogP contribution in [0.3, 0.4) is 0 Å². The smallest absolute Gasteiger partial charge is 0.0802 e. The molecule has 1 aromatic carbocycles. The van der Waals surface area contributed by atoms with Crippen molar-refractivity contribution in [2.24, 2.45) is 5.92 Å². The Kier molecular flexibility index (Phi) is 4.74. The largest absolute Gasteiger partial charge is 0.388 e. The first-order valence-corrected chi connectivity index (χ1v) is 8.31. The van der Waals surface area contributed by atoms with Gasteiger partial charge < -0.3 is 10.0 Å². The average molecular weight is 273 g/mol. The summed E-state index contributed by atoms with van der Waals surface area (Å²) in [6, 6.07) is 10.9. The van der Waals surface area contributed by atoms with Crippen LogP contribution < -0.4 is 0 Å². The van der Waals surface area contributed by atoms with E-state index in [0.717, 1.165) is 30.5 Å². The minimum atomic E-state index is -0.305. The van der Waals surface area contributed by atoms with E-state index in [9.17, 15) is 5.11 Å². The molecular formula is C18H27NO. The van der Waals surface area contributed by atoms with Crippen LogP contribution in [0.2, 0.25) is 0 Å². The van der Waals surface area contributed by atoms with Gasteiger partial charge in [0.25, 0.3) is 0 Å². The van der Waals surface area contributed by atoms with Gasteiger partial charge in [0.2, 0.25) is 0 Å². The molecule has 2 fully saturated rings. The van der Waals surface area contributed by atoms with E-state index >= 15 is 0 Å². The Hall–Kier alpha value is -0.860. The molecule has 1 aliphatic heterocycles. The fourth-order valence-electron chi connectivity index (χ4n) is 4.14. The van der Waals surface area contributed by atoms with Gasteiger partial charge in [-0.05, 0) is 50.1 Å². The molecule has 3 rings (SSSR count). The van der Waals surface area contributed by atoms with E-state index in [2.05, 4.69) is 4.90 Å². The van der Waals surface area contributed by atoms with Crippen LogP contribution in [-0.2, 0) is 0 Å². The second-order valence-electron chi connectivity index (χ2n) is 6.51. The van der Waals surface area contributed by atoms with Gasteiger partial charge in [0.1, 0.15) is 0 Å². The topological polar surface area (TPSA) is 23.5 Å². The molecular weight excluding hydrogens is 246 g/mol. The maximum atomic E-state index is 10.3. The zero-order chi connectivity index (χ0) is 13.8. The van der Waals surface area contributed by atoms with Gasteiger partial charge in [-0.15, -0.1) is 0 Å². The highest BCUT2D eigenvalue weighted by Gasteiger charge is 2.33. The van der Waals surface area contributed by atoms with Crippen molar-refractivity contribution in [3.8, 4) is 0 Å². The number of nitrogens with zero attached hydrogens (tertiary/aromatic N) is 1. The van der Waals surface area contributed by atoms with Crippen LogP contribution in [0.15, 0.2) is 30.3 Å². The van der Waals surface area contributed by atoms with E-state index in [1.54, 1.807) is 0 Å². The summed E-state index contributed by atoms with van der Waals surface area (Å²) in [4.78, 5) is 2.65. The van der Waals surface area contributed by atoms with Crippen LogP contribution >= 0.6 is 0 Å². The molecule has 1 aromatic rings. The zero-order valence-corrected chi connectivity index (χ0v) is 12.4. The highest BCUT2D eigenvalue weighted by Crippen LogP contribution is 2.35. The van der Waals surface area contributed by atoms with Gasteiger partial charge in [-0.1, -0.05) is 43.2 Å². The molecule has 1 heterocycles. The lowest BCUT2D eigenvalue weighted by molar-refractivity contribution is 0.124. The van der Waals surface area contributed by atoms with E-state index in [-0.39, 0.29) is 6.10 Å². The highest BCUT2D eigenvalue weighted by molar-refractivity contribution is 5.17. The van der Waals surface area contributed by atoms with Crippen LogP contribution in [0.5, 0.6) is 0 Å². The van der Waals surface area contributed by atoms with E-state index in [0.29, 0.717) is 0 Å². The van der Waals surface area contributed by atoms with Crippen molar-refractivity contribution < 1.29 is 5.11 Å². The quantitative estimate of drug-likeness (QED) is 0.883. The molecule has 2 unspecified atom stereocenters. The third-order valence-electron chi connectivity index (χ3n) is 5.23. The van der Waals surface area contributed by atoms with Gasteiger partial charge in [-0.25, -0.2) is 0 Å². The number of likely N-dealkylation sites (tertiary alicyclic amines) is 1. The van der Waals surface area contributed by atoms with Crippen molar-refractivity contribution in [3.05, 3.63) is 35.9 Å². The molecule has 0 radical (unpaired) electrons. The molecule has 1 aliphatic carbocycles. The second kappa shape index (κ2) is 6.73. The standard InChI is InChI=1S/C18H27NO/c20-18(16-9-2-1-3-10-16)12-14-19-13-6-11-17(19)15-7-4-5-8-15/h1-3,9-10,15,17-18,20H,4-8,11-14H2. The summed E-state index contributed by atoms with van der Waals surface area (Å²) in [6.07, 6.45) is 9.02. The zero-order valence-electron chi connectivity index (χ0n) is 12.4. The summed E-state index contributed by atoms with van der Waals surface area (Å²) in [5.41, 5.74) is 1.06. The maximum absolute atomic E-state index is 10.3. The summed E-state index contributed by atoms with van der Waals surface area (Å²) >= 11 is 0. The first kappa shape index (κ1) is 14.1. The van der Waals surface area contributed by atoms with E-state index in [1.807, 2.05) is 30.3 Å². The molecule has 110 valence electrons. The SMILES string of the molecule is OC(CCN1CCCC1C1CCCC1)c1ccccc1. The van der Waals surface area contributed by atoms with Gasteiger partial charge in [0.15, 0.2) is 0 Å². The average Bonchev–Trinajstić information content (AvgIpc) is 3.16. The number of rotatable bonds is 5. The monoisotopic (exact) mass is 273 g/mol. The van der Waals surface area contributed by atoms with Gasteiger partial charge in [-0.3, -0.25) is 0 Å². The van der Waals surface area contributed by atoms with E-state index in [4.69, 9.17) is 0 Å². The summed E-state index contributed by atoms with van der Waals surface area (Å²) < 4.78 is 0. The predicted octanol–water partition coefficient (Wildman–Crippen LogP) is 3.76. The molecule has 0 spiro atoms. The molecule has 0 aromatic heterocycles. The molecule has 1 saturated heterocycles. The summed E-state index contributed by atoms with van der Waals surface area (Å²) in [5.74, 6) is 0.936. The normalized spacial score (nSPS) is 26.1. The van der Waals surface area contributed by atoms with Crippen molar-refractivity contribution in [3.63, 3.8) is 0 Å². The number of hydrogen-bond acceptors (Lipinski definition) is 2. The molecule has 2 atom stereocenters. The molecule has 1 N–H and O–H groups in total. The van der Waals surface area contributed by atoms with Crippen LogP contribution in [0, 0.1) is 5.92 Å². The summed E-state index contributed by atoms with van der Waals surface area (Å²) in [5, 5.41) is 10.3. The summed E-state index contributed by atoms with van der Waals surface area (Å²) in [6.45, 7) is 2.29. The minimum Gasteiger partial charge on any atom is -0.388 e. The van der Waals surface area contributed by atoms with Crippen molar-refractivity contribution in [2.45, 2.75) is 57.1 Å². The second-order valence-corrected chi connectivity index (χ2v) is 6.51. The molecule has 2 nitrogen and oxygen atoms in total. The molecule has 2 aliphatic rings. The lowest BCUT2D eigenvalue weighted by atomic mass is 9.95. The van der Waals surface area contributed by atoms with Crippen molar-refractivity contribution in [1.82, 2.24) is 4.90 Å². The fourth-order valence-corrected chi connectivity index (χ4v) is 4.14. The predicted molar refractivity (Wildman–Crippen MR) is 82.6 cm³/mol. The van der Waals surface area contributed by atoms with Crippen LogP contribution in [0.4, 0.5) is 0 Å². The number of hydrogen-bond donors (Lipinski definition) is 1. The minimum absolute atomic E-state index is 0.305. The molecule has 0 bridgehead atoms. The Morgan fingerprint density at radius 3 is 2.55 bits per heavy atom. The molecule has 1 saturated carbocycles. The van der Waals surface area contributed by atoms with E-state index in [1.165, 1.54) is 45.1 Å². The van der Waals surface area contributed by atoms with Gasteiger partial charge in [-0.2, -0.15) is 0 Å². The van der Waals surface area contributed by atoms with Crippen LogP contribution in [0.25, 0.3) is 0 Å². The first-order chi connectivity index (χ1) is 9.84. The molecule has 20 heavy (non-hydrogen) atoms. The summed E-state index contributed by atoms with van der Waals surface area (Å²) in [7, 11) is 0. The Balaban J connectivity index is 1.52. The van der Waals surface area contributed by atoms with Gasteiger partial charge in [0, 0.05) is 12.6 Å². The third-order valence-corrected chi connectivity index (χ3v) is 5.23. The number of aliphatic hydroxyl groups excluding tert-OH is 1. The molecule has 2 heteroatoms. The van der Waals surface area contributed by atoms with Gasteiger partial charge in [0.05, 0.1) is 6.10 Å². The van der Waals surface area contributed by atoms with Crippen molar-refractivity contribution in [1.29, 1.82) is 0 Å².